The van der Waals surface area contributed by atoms with Gasteiger partial charge in [-0.2, -0.15) is 13.2 Å². The monoisotopic (exact) mass is 289 g/mol. The maximum Gasteiger partial charge on any atom is 0.393 e. The summed E-state index contributed by atoms with van der Waals surface area (Å²) >= 11 is 0. The van der Waals surface area contributed by atoms with Crippen LogP contribution in [-0.2, 0) is 11.2 Å². The number of nitrogens with one attached hydrogen (secondary N) is 3. The van der Waals surface area contributed by atoms with E-state index in [9.17, 15) is 22.8 Å². The molecule has 0 aliphatic rings. The average molecular weight is 289 g/mol. The third kappa shape index (κ3) is 5.59. The van der Waals surface area contributed by atoms with Crippen LogP contribution in [-0.4, -0.2) is 31.7 Å². The topological polar surface area (TPSA) is 70.2 Å². The molecule has 1 rings (SSSR count). The van der Waals surface area contributed by atoms with E-state index in [0.29, 0.717) is 0 Å². The van der Waals surface area contributed by atoms with Crippen molar-refractivity contribution in [3.05, 3.63) is 29.8 Å². The first kappa shape index (κ1) is 15.8. The van der Waals surface area contributed by atoms with Gasteiger partial charge in [-0.15, -0.1) is 0 Å². The third-order valence-corrected chi connectivity index (χ3v) is 2.33. The summed E-state index contributed by atoms with van der Waals surface area (Å²) in [7, 11) is 1.34. The number of halogens is 3. The number of carbonyl (C=O) groups is 2. The molecule has 0 heterocycles. The number of imide groups is 1. The number of hydrogen-bond acceptors (Lipinski definition) is 3. The van der Waals surface area contributed by atoms with E-state index in [-0.39, 0.29) is 17.8 Å². The van der Waals surface area contributed by atoms with Crippen LogP contribution in [0.3, 0.4) is 0 Å². The lowest BCUT2D eigenvalue weighted by atomic mass is 10.1. The standard InChI is InChI=1S/C12H14F3N3O2/c1-16-11(20)18-10(19)7-17-9-5-3-2-4-8(9)6-12(13,14)15/h2-5,17H,6-7H2,1H3,(H2,16,18,19,20). The molecule has 0 atom stereocenters. The number of hydrogen-bond donors (Lipinski definition) is 3. The van der Waals surface area contributed by atoms with Gasteiger partial charge in [-0.1, -0.05) is 18.2 Å². The molecule has 1 aromatic carbocycles. The van der Waals surface area contributed by atoms with E-state index in [1.807, 2.05) is 5.32 Å². The Morgan fingerprint density at radius 2 is 1.85 bits per heavy atom. The fourth-order valence-corrected chi connectivity index (χ4v) is 1.47. The zero-order valence-corrected chi connectivity index (χ0v) is 10.7. The summed E-state index contributed by atoms with van der Waals surface area (Å²) in [5.74, 6) is -0.647. The Balaban J connectivity index is 2.64. The van der Waals surface area contributed by atoms with E-state index in [4.69, 9.17) is 0 Å². The zero-order valence-electron chi connectivity index (χ0n) is 10.7. The smallest absolute Gasteiger partial charge is 0.376 e. The molecule has 0 aliphatic carbocycles. The molecule has 3 N–H and O–H groups in total. The lowest BCUT2D eigenvalue weighted by molar-refractivity contribution is -0.127. The summed E-state index contributed by atoms with van der Waals surface area (Å²) in [5.41, 5.74) is 0.240. The van der Waals surface area contributed by atoms with E-state index < -0.39 is 24.5 Å². The van der Waals surface area contributed by atoms with Gasteiger partial charge in [-0.3, -0.25) is 10.1 Å². The van der Waals surface area contributed by atoms with Crippen LogP contribution in [0.5, 0.6) is 0 Å². The van der Waals surface area contributed by atoms with Crippen LogP contribution in [0.1, 0.15) is 5.56 Å². The molecule has 0 saturated carbocycles. The van der Waals surface area contributed by atoms with Gasteiger partial charge < -0.3 is 10.6 Å². The Hall–Kier alpha value is -2.25. The van der Waals surface area contributed by atoms with Gasteiger partial charge in [0.2, 0.25) is 5.91 Å². The van der Waals surface area contributed by atoms with Crippen molar-refractivity contribution in [1.29, 1.82) is 0 Å². The number of para-hydroxylation sites is 1. The third-order valence-electron chi connectivity index (χ3n) is 2.33. The second-order valence-electron chi connectivity index (χ2n) is 3.93. The highest BCUT2D eigenvalue weighted by Gasteiger charge is 2.28. The molecule has 0 bridgehead atoms. The molecule has 0 fully saturated rings. The van der Waals surface area contributed by atoms with Crippen molar-refractivity contribution in [3.8, 4) is 0 Å². The molecule has 20 heavy (non-hydrogen) atoms. The van der Waals surface area contributed by atoms with Gasteiger partial charge in [-0.05, 0) is 11.6 Å². The molecule has 0 unspecified atom stereocenters. The van der Waals surface area contributed by atoms with E-state index in [1.54, 1.807) is 6.07 Å². The highest BCUT2D eigenvalue weighted by atomic mass is 19.4. The Labute approximate surface area is 113 Å². The van der Waals surface area contributed by atoms with Gasteiger partial charge in [0.25, 0.3) is 0 Å². The average Bonchev–Trinajstić information content (AvgIpc) is 2.35. The highest BCUT2D eigenvalue weighted by Crippen LogP contribution is 2.25. The largest absolute Gasteiger partial charge is 0.393 e. The van der Waals surface area contributed by atoms with Gasteiger partial charge in [-0.25, -0.2) is 4.79 Å². The molecular weight excluding hydrogens is 275 g/mol. The minimum Gasteiger partial charge on any atom is -0.376 e. The molecule has 0 radical (unpaired) electrons. The van der Waals surface area contributed by atoms with Crippen LogP contribution < -0.4 is 16.0 Å². The van der Waals surface area contributed by atoms with Crippen molar-refractivity contribution < 1.29 is 22.8 Å². The number of amides is 3. The van der Waals surface area contributed by atoms with Crippen molar-refractivity contribution in [2.24, 2.45) is 0 Å². The van der Waals surface area contributed by atoms with Crippen molar-refractivity contribution in [2.45, 2.75) is 12.6 Å². The van der Waals surface area contributed by atoms with Crippen LogP contribution in [0.4, 0.5) is 23.7 Å². The van der Waals surface area contributed by atoms with E-state index in [2.05, 4.69) is 10.6 Å². The fraction of sp³-hybridized carbons (Fsp3) is 0.333. The first-order chi connectivity index (χ1) is 9.31. The molecule has 8 heteroatoms. The molecule has 0 saturated heterocycles. The van der Waals surface area contributed by atoms with Gasteiger partial charge in [0.15, 0.2) is 0 Å². The van der Waals surface area contributed by atoms with Crippen LogP contribution >= 0.6 is 0 Å². The predicted molar refractivity (Wildman–Crippen MR) is 67.3 cm³/mol. The first-order valence-corrected chi connectivity index (χ1v) is 5.72. The van der Waals surface area contributed by atoms with Crippen LogP contribution in [0.2, 0.25) is 0 Å². The number of carbonyl (C=O) groups excluding carboxylic acids is 2. The number of urea groups is 1. The second-order valence-corrected chi connectivity index (χ2v) is 3.93. The summed E-state index contributed by atoms with van der Waals surface area (Å²) in [4.78, 5) is 22.2. The van der Waals surface area contributed by atoms with Gasteiger partial charge in [0, 0.05) is 12.7 Å². The van der Waals surface area contributed by atoms with Gasteiger partial charge >= 0.3 is 12.2 Å². The van der Waals surface area contributed by atoms with Crippen LogP contribution in [0, 0.1) is 0 Å². The van der Waals surface area contributed by atoms with Crippen molar-refractivity contribution in [3.63, 3.8) is 0 Å². The molecule has 3 amide bonds. The lowest BCUT2D eigenvalue weighted by Crippen LogP contribution is -2.40. The van der Waals surface area contributed by atoms with E-state index >= 15 is 0 Å². The minimum atomic E-state index is -4.33. The van der Waals surface area contributed by atoms with E-state index in [0.717, 1.165) is 0 Å². The zero-order chi connectivity index (χ0) is 15.2. The Kier molecular flexibility index (Phi) is 5.36. The summed E-state index contributed by atoms with van der Waals surface area (Å²) < 4.78 is 37.1. The second kappa shape index (κ2) is 6.78. The normalized spacial score (nSPS) is 10.8. The Morgan fingerprint density at radius 1 is 1.20 bits per heavy atom. The maximum absolute atomic E-state index is 12.4. The van der Waals surface area contributed by atoms with Gasteiger partial charge in [0.1, 0.15) is 0 Å². The summed E-state index contributed by atoms with van der Waals surface area (Å²) in [6.45, 7) is -0.303. The summed E-state index contributed by atoms with van der Waals surface area (Å²) in [6.07, 6.45) is -5.42. The number of benzene rings is 1. The number of anilines is 1. The lowest BCUT2D eigenvalue weighted by Gasteiger charge is -2.13. The molecule has 110 valence electrons. The van der Waals surface area contributed by atoms with Crippen LogP contribution in [0.15, 0.2) is 24.3 Å². The highest BCUT2D eigenvalue weighted by molar-refractivity contribution is 5.96. The summed E-state index contributed by atoms with van der Waals surface area (Å²) in [6, 6.07) is 5.12. The molecular formula is C12H14F3N3O2. The predicted octanol–water partition coefficient (Wildman–Crippen LogP) is 1.66. The summed E-state index contributed by atoms with van der Waals surface area (Å²) in [5, 5.41) is 6.76. The van der Waals surface area contributed by atoms with Gasteiger partial charge in [0.05, 0.1) is 13.0 Å². The van der Waals surface area contributed by atoms with Crippen molar-refractivity contribution >= 4 is 17.6 Å². The Bertz CT molecular complexity index is 489. The molecule has 1 aromatic rings. The van der Waals surface area contributed by atoms with E-state index in [1.165, 1.54) is 25.2 Å². The first-order valence-electron chi connectivity index (χ1n) is 5.72. The molecule has 5 nitrogen and oxygen atoms in total. The SMILES string of the molecule is CNC(=O)NC(=O)CNc1ccccc1CC(F)(F)F. The van der Waals surface area contributed by atoms with Crippen LogP contribution in [0.25, 0.3) is 0 Å². The fourth-order valence-electron chi connectivity index (χ4n) is 1.47. The minimum absolute atomic E-state index is 0.0349. The van der Waals surface area contributed by atoms with Crippen molar-refractivity contribution in [1.82, 2.24) is 10.6 Å². The quantitative estimate of drug-likeness (QED) is 0.789. The van der Waals surface area contributed by atoms with Crippen molar-refractivity contribution in [2.75, 3.05) is 18.9 Å². The molecule has 0 aromatic heterocycles. The number of rotatable bonds is 4. The number of alkyl halides is 3. The molecule has 0 spiro atoms. The molecule has 0 aliphatic heterocycles. The maximum atomic E-state index is 12.4. The Morgan fingerprint density at radius 3 is 2.45 bits per heavy atom.